The summed E-state index contributed by atoms with van der Waals surface area (Å²) in [6, 6.07) is 3.73. The van der Waals surface area contributed by atoms with Crippen LogP contribution in [0, 0.1) is 0 Å². The Bertz CT molecular complexity index is 1030. The highest BCUT2D eigenvalue weighted by Crippen LogP contribution is 2.41. The van der Waals surface area contributed by atoms with E-state index in [0.29, 0.717) is 22.2 Å². The van der Waals surface area contributed by atoms with Crippen LogP contribution < -0.4 is 20.5 Å². The molecule has 9 heteroatoms. The first-order valence-corrected chi connectivity index (χ1v) is 10.1. The van der Waals surface area contributed by atoms with E-state index in [1.807, 2.05) is 6.07 Å². The fraction of sp³-hybridized carbons (Fsp3) is 0.333. The lowest BCUT2D eigenvalue weighted by atomic mass is 10.0. The van der Waals surface area contributed by atoms with E-state index in [2.05, 4.69) is 22.2 Å². The molecule has 0 atom stereocenters. The van der Waals surface area contributed by atoms with Crippen LogP contribution in [0.3, 0.4) is 0 Å². The Morgan fingerprint density at radius 1 is 1.30 bits per heavy atom. The highest BCUT2D eigenvalue weighted by Gasteiger charge is 2.26. The molecule has 1 aromatic carbocycles. The van der Waals surface area contributed by atoms with Gasteiger partial charge in [0, 0.05) is 24.0 Å². The number of nitrogens with two attached hydrogens (primary N) is 1. The molecule has 3 aromatic rings. The van der Waals surface area contributed by atoms with E-state index in [-0.39, 0.29) is 0 Å². The number of nitrogens with zero attached hydrogens (tertiary/aromatic N) is 2. The summed E-state index contributed by atoms with van der Waals surface area (Å²) in [4.78, 5) is 20.2. The molecule has 3 heterocycles. The number of anilines is 2. The van der Waals surface area contributed by atoms with Gasteiger partial charge in [-0.25, -0.2) is 4.98 Å². The zero-order valence-electron chi connectivity index (χ0n) is 15.3. The van der Waals surface area contributed by atoms with Gasteiger partial charge in [0.05, 0.1) is 24.5 Å². The smallest absolute Gasteiger partial charge is 0.251 e. The van der Waals surface area contributed by atoms with Crippen LogP contribution in [-0.2, 0) is 13.0 Å². The largest absolute Gasteiger partial charge is 0.497 e. The fourth-order valence-electron chi connectivity index (χ4n) is 3.28. The monoisotopic (exact) mass is 404 g/mol. The SMILES string of the molecule is COc1cc(OC)c2nc(Nc3sc4c(c3C(N)=O)CCN(C)C4)sc2c1. The summed E-state index contributed by atoms with van der Waals surface area (Å²) >= 11 is 3.05. The van der Waals surface area contributed by atoms with Crippen LogP contribution in [-0.4, -0.2) is 43.6 Å². The summed E-state index contributed by atoms with van der Waals surface area (Å²) in [5, 5.41) is 4.76. The lowest BCUT2D eigenvalue weighted by Gasteiger charge is -2.22. The summed E-state index contributed by atoms with van der Waals surface area (Å²) in [5.74, 6) is 0.956. The Balaban J connectivity index is 1.75. The van der Waals surface area contributed by atoms with E-state index in [1.54, 1.807) is 31.6 Å². The third kappa shape index (κ3) is 3.22. The van der Waals surface area contributed by atoms with E-state index in [1.165, 1.54) is 16.2 Å². The molecule has 4 rings (SSSR count). The third-order valence-electron chi connectivity index (χ3n) is 4.60. The standard InChI is InChI=1S/C18H20N4O3S2/c1-22-5-4-10-13(8-22)26-17(14(10)16(19)23)21-18-20-15-11(25-3)6-9(24-2)7-12(15)27-18/h6-7H,4-5,8H2,1-3H3,(H2,19,23)(H,20,21). The van der Waals surface area contributed by atoms with Crippen LogP contribution in [0.4, 0.5) is 10.1 Å². The molecule has 0 saturated heterocycles. The van der Waals surface area contributed by atoms with Crippen molar-refractivity contribution in [3.63, 3.8) is 0 Å². The fourth-order valence-corrected chi connectivity index (χ4v) is 5.59. The molecule has 3 N–H and O–H groups in total. The van der Waals surface area contributed by atoms with Crippen LogP contribution in [0.5, 0.6) is 11.5 Å². The molecule has 0 radical (unpaired) electrons. The number of carbonyl (C=O) groups is 1. The summed E-state index contributed by atoms with van der Waals surface area (Å²) in [5.41, 5.74) is 8.10. The quantitative estimate of drug-likeness (QED) is 0.679. The predicted octanol–water partition coefficient (Wildman–Crippen LogP) is 3.21. The summed E-state index contributed by atoms with van der Waals surface area (Å²) in [6.45, 7) is 1.74. The summed E-state index contributed by atoms with van der Waals surface area (Å²) in [6.07, 6.45) is 0.827. The molecule has 27 heavy (non-hydrogen) atoms. The van der Waals surface area contributed by atoms with Crippen molar-refractivity contribution in [3.8, 4) is 11.5 Å². The van der Waals surface area contributed by atoms with E-state index in [0.717, 1.165) is 40.3 Å². The Morgan fingerprint density at radius 3 is 2.81 bits per heavy atom. The van der Waals surface area contributed by atoms with Crippen LogP contribution in [0.25, 0.3) is 10.2 Å². The number of hydrogen-bond acceptors (Lipinski definition) is 8. The second-order valence-electron chi connectivity index (χ2n) is 6.38. The minimum absolute atomic E-state index is 0.403. The third-order valence-corrected chi connectivity index (χ3v) is 6.65. The first-order chi connectivity index (χ1) is 13.0. The molecule has 2 aromatic heterocycles. The second-order valence-corrected chi connectivity index (χ2v) is 8.52. The second kappa shape index (κ2) is 6.99. The Hall–Kier alpha value is -2.36. The van der Waals surface area contributed by atoms with E-state index in [9.17, 15) is 4.79 Å². The van der Waals surface area contributed by atoms with Gasteiger partial charge in [-0.3, -0.25) is 4.79 Å². The van der Waals surface area contributed by atoms with Crippen molar-refractivity contribution in [2.45, 2.75) is 13.0 Å². The molecule has 0 saturated carbocycles. The van der Waals surface area contributed by atoms with Crippen molar-refractivity contribution in [2.75, 3.05) is 33.1 Å². The number of amides is 1. The van der Waals surface area contributed by atoms with Gasteiger partial charge in [0.15, 0.2) is 5.13 Å². The highest BCUT2D eigenvalue weighted by atomic mass is 32.1. The molecule has 0 spiro atoms. The molecule has 7 nitrogen and oxygen atoms in total. The van der Waals surface area contributed by atoms with Gasteiger partial charge in [0.2, 0.25) is 0 Å². The lowest BCUT2D eigenvalue weighted by molar-refractivity contribution is 0.1000. The molecule has 0 aliphatic carbocycles. The number of carbonyl (C=O) groups excluding carboxylic acids is 1. The lowest BCUT2D eigenvalue weighted by Crippen LogP contribution is -2.27. The number of primary amides is 1. The van der Waals surface area contributed by atoms with E-state index < -0.39 is 5.91 Å². The van der Waals surface area contributed by atoms with Crippen LogP contribution in [0.15, 0.2) is 12.1 Å². The summed E-state index contributed by atoms with van der Waals surface area (Å²) in [7, 11) is 5.30. The Morgan fingerprint density at radius 2 is 2.11 bits per heavy atom. The zero-order valence-corrected chi connectivity index (χ0v) is 16.9. The first kappa shape index (κ1) is 18.0. The Kier molecular flexibility index (Phi) is 4.67. The average molecular weight is 405 g/mol. The van der Waals surface area contributed by atoms with Crippen molar-refractivity contribution in [3.05, 3.63) is 28.1 Å². The molecule has 0 fully saturated rings. The van der Waals surface area contributed by atoms with Gasteiger partial charge in [-0.2, -0.15) is 0 Å². The molecule has 142 valence electrons. The number of benzene rings is 1. The number of likely N-dealkylation sites (N-methyl/N-ethyl adjacent to an activating group) is 1. The van der Waals surface area contributed by atoms with Crippen molar-refractivity contribution in [1.29, 1.82) is 0 Å². The Labute approximate surface area is 164 Å². The molecular weight excluding hydrogens is 384 g/mol. The van der Waals surface area contributed by atoms with Gasteiger partial charge >= 0.3 is 0 Å². The van der Waals surface area contributed by atoms with Crippen molar-refractivity contribution < 1.29 is 14.3 Å². The number of aromatic nitrogens is 1. The van der Waals surface area contributed by atoms with Crippen molar-refractivity contribution in [1.82, 2.24) is 9.88 Å². The average Bonchev–Trinajstić information content (AvgIpc) is 3.20. The number of rotatable bonds is 5. The first-order valence-electron chi connectivity index (χ1n) is 8.42. The summed E-state index contributed by atoms with van der Waals surface area (Å²) < 4.78 is 11.7. The molecule has 1 amide bonds. The molecule has 1 aliphatic heterocycles. The van der Waals surface area contributed by atoms with Gasteiger partial charge in [-0.05, 0) is 25.1 Å². The van der Waals surface area contributed by atoms with Gasteiger partial charge in [-0.15, -0.1) is 11.3 Å². The highest BCUT2D eigenvalue weighted by molar-refractivity contribution is 7.23. The molecule has 0 unspecified atom stereocenters. The van der Waals surface area contributed by atoms with E-state index in [4.69, 9.17) is 15.2 Å². The van der Waals surface area contributed by atoms with Crippen molar-refractivity contribution in [2.24, 2.45) is 5.73 Å². The van der Waals surface area contributed by atoms with Crippen molar-refractivity contribution >= 4 is 48.9 Å². The van der Waals surface area contributed by atoms with E-state index >= 15 is 0 Å². The molecular formula is C18H20N4O3S2. The number of nitrogens with one attached hydrogen (secondary N) is 1. The maximum atomic E-state index is 12.1. The minimum atomic E-state index is -0.403. The van der Waals surface area contributed by atoms with Crippen LogP contribution in [0.1, 0.15) is 20.8 Å². The normalized spacial score (nSPS) is 14.2. The van der Waals surface area contributed by atoms with Gasteiger partial charge in [-0.1, -0.05) is 11.3 Å². The minimum Gasteiger partial charge on any atom is -0.497 e. The van der Waals surface area contributed by atoms with Gasteiger partial charge in [0.1, 0.15) is 22.0 Å². The maximum Gasteiger partial charge on any atom is 0.251 e. The molecule has 0 bridgehead atoms. The number of methoxy groups -OCH3 is 2. The maximum absolute atomic E-state index is 12.1. The number of thiazole rings is 1. The zero-order chi connectivity index (χ0) is 19.1. The number of hydrogen-bond donors (Lipinski definition) is 2. The van der Waals surface area contributed by atoms with Gasteiger partial charge in [0.25, 0.3) is 5.91 Å². The number of fused-ring (bicyclic) bond motifs is 2. The van der Waals surface area contributed by atoms with Crippen LogP contribution >= 0.6 is 22.7 Å². The number of ether oxygens (including phenoxy) is 2. The van der Waals surface area contributed by atoms with Crippen LogP contribution in [0.2, 0.25) is 0 Å². The topological polar surface area (TPSA) is 89.7 Å². The molecule has 1 aliphatic rings. The predicted molar refractivity (Wildman–Crippen MR) is 109 cm³/mol. The number of thiophene rings is 1. The van der Waals surface area contributed by atoms with Gasteiger partial charge < -0.3 is 25.4 Å².